The Labute approximate surface area is 196 Å². The number of anilines is 1. The first-order chi connectivity index (χ1) is 16.2. The highest BCUT2D eigenvalue weighted by atomic mass is 35.5. The van der Waals surface area contributed by atoms with E-state index in [1.165, 1.54) is 0 Å². The summed E-state index contributed by atoms with van der Waals surface area (Å²) in [6.45, 7) is 1.78. The van der Waals surface area contributed by atoms with Gasteiger partial charge in [-0.2, -0.15) is 18.3 Å². The molecule has 1 N–H and O–H groups in total. The first kappa shape index (κ1) is 21.9. The maximum atomic E-state index is 14.0. The molecule has 0 atom stereocenters. The number of fused-ring (bicyclic) bond motifs is 2. The summed E-state index contributed by atoms with van der Waals surface area (Å²) < 4.78 is 42.6. The van der Waals surface area contributed by atoms with E-state index in [1.54, 1.807) is 43.3 Å². The summed E-state index contributed by atoms with van der Waals surface area (Å²) in [5.41, 5.74) is 0.475. The average molecular weight is 481 g/mol. The Balaban J connectivity index is 1.70. The normalized spacial score (nSPS) is 11.8. The molecule has 0 bridgehead atoms. The van der Waals surface area contributed by atoms with Crippen molar-refractivity contribution in [2.45, 2.75) is 13.1 Å². The fraction of sp³-hybridized carbons (Fsp3) is 0.0800. The molecule has 0 unspecified atom stereocenters. The third-order valence-corrected chi connectivity index (χ3v) is 5.76. The zero-order chi connectivity index (χ0) is 24.0. The van der Waals surface area contributed by atoms with Crippen LogP contribution in [0.1, 0.15) is 21.6 Å². The molecule has 34 heavy (non-hydrogen) atoms. The van der Waals surface area contributed by atoms with Crippen LogP contribution < -0.4 is 5.32 Å². The minimum atomic E-state index is -4.72. The highest BCUT2D eigenvalue weighted by Crippen LogP contribution is 2.35. The average Bonchev–Trinajstić information content (AvgIpc) is 3.24. The molecule has 0 radical (unpaired) electrons. The van der Waals surface area contributed by atoms with Crippen LogP contribution in [0, 0.1) is 6.92 Å². The SMILES string of the molecule is Cc1ccc(Cl)cc1NC(=O)c1cnn2c(C(F)(F)F)cc(-c3cccc4ccccc34)nc12. The van der Waals surface area contributed by atoms with E-state index in [0.29, 0.717) is 20.8 Å². The van der Waals surface area contributed by atoms with Crippen LogP contribution in [0.25, 0.3) is 27.7 Å². The molecule has 0 spiro atoms. The summed E-state index contributed by atoms with van der Waals surface area (Å²) in [7, 11) is 0. The van der Waals surface area contributed by atoms with Gasteiger partial charge in [-0.05, 0) is 41.5 Å². The van der Waals surface area contributed by atoms with Crippen LogP contribution in [0.4, 0.5) is 18.9 Å². The molecule has 0 aliphatic rings. The minimum Gasteiger partial charge on any atom is -0.322 e. The van der Waals surface area contributed by atoms with Gasteiger partial charge in [-0.25, -0.2) is 9.50 Å². The second kappa shape index (κ2) is 8.14. The van der Waals surface area contributed by atoms with Crippen LogP contribution in [0.2, 0.25) is 5.02 Å². The predicted molar refractivity (Wildman–Crippen MR) is 125 cm³/mol. The molecule has 2 aromatic heterocycles. The zero-order valence-corrected chi connectivity index (χ0v) is 18.4. The van der Waals surface area contributed by atoms with E-state index in [9.17, 15) is 18.0 Å². The molecule has 3 aromatic carbocycles. The summed E-state index contributed by atoms with van der Waals surface area (Å²) in [5.74, 6) is -0.643. The number of carbonyl (C=O) groups is 1. The molecule has 0 aliphatic carbocycles. The van der Waals surface area contributed by atoms with Crippen LogP contribution in [0.3, 0.4) is 0 Å². The predicted octanol–water partition coefficient (Wildman–Crippen LogP) is 6.78. The fourth-order valence-corrected chi connectivity index (χ4v) is 4.00. The molecule has 5 rings (SSSR count). The summed E-state index contributed by atoms with van der Waals surface area (Å²) in [6.07, 6.45) is -3.64. The second-order valence-corrected chi connectivity index (χ2v) is 8.19. The van der Waals surface area contributed by atoms with Gasteiger partial charge in [-0.1, -0.05) is 60.1 Å². The number of alkyl halides is 3. The Morgan fingerprint density at radius 3 is 2.59 bits per heavy atom. The highest BCUT2D eigenvalue weighted by molar-refractivity contribution is 6.31. The fourth-order valence-electron chi connectivity index (χ4n) is 3.83. The third kappa shape index (κ3) is 3.86. The second-order valence-electron chi connectivity index (χ2n) is 7.76. The summed E-state index contributed by atoms with van der Waals surface area (Å²) >= 11 is 6.02. The van der Waals surface area contributed by atoms with Gasteiger partial charge < -0.3 is 5.32 Å². The number of benzene rings is 3. The minimum absolute atomic E-state index is 0.0881. The molecule has 0 saturated carbocycles. The van der Waals surface area contributed by atoms with Crippen LogP contribution >= 0.6 is 11.6 Å². The van der Waals surface area contributed by atoms with E-state index in [1.807, 2.05) is 24.3 Å². The van der Waals surface area contributed by atoms with Crippen LogP contribution in [-0.4, -0.2) is 20.5 Å². The van der Waals surface area contributed by atoms with E-state index in [0.717, 1.165) is 28.6 Å². The van der Waals surface area contributed by atoms with Crippen LogP contribution in [0.5, 0.6) is 0 Å². The number of nitrogens with one attached hydrogen (secondary N) is 1. The maximum Gasteiger partial charge on any atom is 0.433 e. The van der Waals surface area contributed by atoms with Crippen LogP contribution in [0.15, 0.2) is 72.9 Å². The van der Waals surface area contributed by atoms with Crippen molar-refractivity contribution >= 4 is 39.6 Å². The Morgan fingerprint density at radius 2 is 1.79 bits per heavy atom. The van der Waals surface area contributed by atoms with Gasteiger partial charge in [-0.3, -0.25) is 4.79 Å². The van der Waals surface area contributed by atoms with Crippen molar-refractivity contribution < 1.29 is 18.0 Å². The maximum absolute atomic E-state index is 14.0. The van der Waals surface area contributed by atoms with Gasteiger partial charge in [0.05, 0.1) is 11.9 Å². The number of aryl methyl sites for hydroxylation is 1. The molecule has 5 nitrogen and oxygen atoms in total. The van der Waals surface area contributed by atoms with E-state index in [-0.39, 0.29) is 16.9 Å². The van der Waals surface area contributed by atoms with Crippen molar-refractivity contribution in [3.8, 4) is 11.3 Å². The molecule has 2 heterocycles. The lowest BCUT2D eigenvalue weighted by Crippen LogP contribution is -2.16. The number of nitrogens with zero attached hydrogens (tertiary/aromatic N) is 3. The van der Waals surface area contributed by atoms with Crippen molar-refractivity contribution in [1.82, 2.24) is 14.6 Å². The van der Waals surface area contributed by atoms with Crippen molar-refractivity contribution in [2.75, 3.05) is 5.32 Å². The number of amides is 1. The number of hydrogen-bond donors (Lipinski definition) is 1. The molecule has 9 heteroatoms. The molecular weight excluding hydrogens is 465 g/mol. The molecule has 5 aromatic rings. The lowest BCUT2D eigenvalue weighted by atomic mass is 10.0. The van der Waals surface area contributed by atoms with Crippen molar-refractivity contribution in [2.24, 2.45) is 0 Å². The van der Waals surface area contributed by atoms with E-state index < -0.39 is 17.8 Å². The Kier molecular flexibility index (Phi) is 5.25. The zero-order valence-electron chi connectivity index (χ0n) is 17.7. The van der Waals surface area contributed by atoms with Gasteiger partial charge in [0.15, 0.2) is 11.3 Å². The van der Waals surface area contributed by atoms with Crippen molar-refractivity contribution in [3.05, 3.63) is 94.8 Å². The summed E-state index contributed by atoms with van der Waals surface area (Å²) in [4.78, 5) is 17.5. The lowest BCUT2D eigenvalue weighted by molar-refractivity contribution is -0.142. The number of halogens is 4. The molecule has 0 aliphatic heterocycles. The number of rotatable bonds is 3. The topological polar surface area (TPSA) is 59.3 Å². The molecule has 0 fully saturated rings. The van der Waals surface area contributed by atoms with Crippen LogP contribution in [-0.2, 0) is 6.18 Å². The van der Waals surface area contributed by atoms with Crippen molar-refractivity contribution in [3.63, 3.8) is 0 Å². The van der Waals surface area contributed by atoms with Gasteiger partial charge in [0, 0.05) is 16.3 Å². The number of carbonyl (C=O) groups excluding carboxylic acids is 1. The number of aromatic nitrogens is 3. The largest absolute Gasteiger partial charge is 0.433 e. The van der Waals surface area contributed by atoms with E-state index in [4.69, 9.17) is 11.6 Å². The smallest absolute Gasteiger partial charge is 0.322 e. The highest BCUT2D eigenvalue weighted by Gasteiger charge is 2.36. The summed E-state index contributed by atoms with van der Waals surface area (Å²) in [5, 5.41) is 8.55. The molecule has 0 saturated heterocycles. The van der Waals surface area contributed by atoms with E-state index in [2.05, 4.69) is 15.4 Å². The van der Waals surface area contributed by atoms with Gasteiger partial charge >= 0.3 is 6.18 Å². The van der Waals surface area contributed by atoms with Gasteiger partial charge in [0.2, 0.25) is 0 Å². The van der Waals surface area contributed by atoms with Gasteiger partial charge in [0.1, 0.15) is 5.56 Å². The third-order valence-electron chi connectivity index (χ3n) is 5.52. The standard InChI is InChI=1S/C25H16ClF3N4O/c1-14-9-10-16(26)11-20(14)32-24(34)19-13-30-33-22(25(27,28)29)12-21(31-23(19)33)18-8-4-6-15-5-2-3-7-17(15)18/h2-13H,1H3,(H,32,34). The first-order valence-corrected chi connectivity index (χ1v) is 10.6. The number of hydrogen-bond acceptors (Lipinski definition) is 3. The molecule has 170 valence electrons. The van der Waals surface area contributed by atoms with Gasteiger partial charge in [0.25, 0.3) is 5.91 Å². The first-order valence-electron chi connectivity index (χ1n) is 10.2. The Bertz CT molecular complexity index is 1570. The quantitative estimate of drug-likeness (QED) is 0.309. The molecule has 1 amide bonds. The Hall–Kier alpha value is -3.91. The molecular formula is C25H16ClF3N4O. The Morgan fingerprint density at radius 1 is 1.03 bits per heavy atom. The van der Waals surface area contributed by atoms with Crippen molar-refractivity contribution in [1.29, 1.82) is 0 Å². The lowest BCUT2D eigenvalue weighted by Gasteiger charge is -2.13. The summed E-state index contributed by atoms with van der Waals surface area (Å²) in [6, 6.07) is 18.6. The monoisotopic (exact) mass is 480 g/mol. The van der Waals surface area contributed by atoms with E-state index >= 15 is 0 Å². The van der Waals surface area contributed by atoms with Gasteiger partial charge in [-0.15, -0.1) is 0 Å².